The first-order valence-electron chi connectivity index (χ1n) is 7.20. The van der Waals surface area contributed by atoms with Crippen LogP contribution in [0.4, 0.5) is 0 Å². The molecule has 1 fully saturated rings. The number of β-amino-alcohol motifs (C(OH)–C–C–N with tert-alkyl or cyclic N) is 1. The van der Waals surface area contributed by atoms with E-state index in [0.717, 1.165) is 25.3 Å². The molecule has 1 aromatic rings. The van der Waals surface area contributed by atoms with E-state index in [1.807, 2.05) is 39.8 Å². The summed E-state index contributed by atoms with van der Waals surface area (Å²) in [5.41, 5.74) is 1.26. The molecule has 0 aliphatic carbocycles. The number of ether oxygens (including phenoxy) is 1. The van der Waals surface area contributed by atoms with Crippen LogP contribution in [-0.2, 0) is 0 Å². The summed E-state index contributed by atoms with van der Waals surface area (Å²) < 4.78 is 5.47. The van der Waals surface area contributed by atoms with Crippen LogP contribution >= 0.6 is 0 Å². The number of rotatable bonds is 2. The van der Waals surface area contributed by atoms with E-state index in [1.54, 1.807) is 0 Å². The molecule has 1 heterocycles. The summed E-state index contributed by atoms with van der Waals surface area (Å²) in [6.45, 7) is 11.9. The minimum atomic E-state index is -0.0648. The molecule has 0 amide bonds. The van der Waals surface area contributed by atoms with Gasteiger partial charge in [0.15, 0.2) is 0 Å². The van der Waals surface area contributed by atoms with E-state index in [0.29, 0.717) is 0 Å². The number of hydrogen-bond acceptors (Lipinski definition) is 3. The average molecular weight is 267 g/mol. The summed E-state index contributed by atoms with van der Waals surface area (Å²) in [5, 5.41) is 11.7. The minimum Gasteiger partial charge on any atom is -0.491 e. The average Bonchev–Trinajstić information content (AvgIpc) is 2.86. The van der Waals surface area contributed by atoms with Gasteiger partial charge in [0.2, 0.25) is 0 Å². The maximum Gasteiger partial charge on any atom is 0.119 e. The van der Waals surface area contributed by atoms with E-state index < -0.39 is 0 Å². The normalized spacial score (nSPS) is 17.1. The van der Waals surface area contributed by atoms with Gasteiger partial charge in [0.25, 0.3) is 0 Å². The Morgan fingerprint density at radius 2 is 1.79 bits per heavy atom. The van der Waals surface area contributed by atoms with E-state index in [1.165, 1.54) is 5.56 Å². The Morgan fingerprint density at radius 3 is 2.11 bits per heavy atom. The van der Waals surface area contributed by atoms with Crippen LogP contribution in [0.25, 0.3) is 0 Å². The lowest BCUT2D eigenvalue weighted by Crippen LogP contribution is -2.11. The molecule has 1 aliphatic heterocycles. The molecule has 0 radical (unpaired) electrons. The van der Waals surface area contributed by atoms with Gasteiger partial charge in [-0.15, -0.1) is 0 Å². The van der Waals surface area contributed by atoms with E-state index in [4.69, 9.17) is 9.84 Å². The van der Waals surface area contributed by atoms with Gasteiger partial charge >= 0.3 is 0 Å². The Hall–Kier alpha value is -1.06. The standard InChI is InChI=1S/C10H14O.C4H9NO.C2H6/c1-8(2)11-10-6-4-9(3)5-7-10;6-4-1-2-5-3-4;1-2/h4-8H,1-3H3;4-6H,1-3H2;1-2H3/t;4-;/m.1./s1. The third kappa shape index (κ3) is 9.51. The molecule has 1 atom stereocenters. The lowest BCUT2D eigenvalue weighted by atomic mass is 10.2. The molecule has 1 aliphatic rings. The summed E-state index contributed by atoms with van der Waals surface area (Å²) in [6.07, 6.45) is 1.13. The fourth-order valence-corrected chi connectivity index (χ4v) is 1.53. The van der Waals surface area contributed by atoms with Crippen LogP contribution < -0.4 is 10.1 Å². The quantitative estimate of drug-likeness (QED) is 0.865. The van der Waals surface area contributed by atoms with Crippen LogP contribution in [0.15, 0.2) is 24.3 Å². The molecule has 2 rings (SSSR count). The van der Waals surface area contributed by atoms with Crippen LogP contribution in [0.5, 0.6) is 5.75 Å². The van der Waals surface area contributed by atoms with Crippen molar-refractivity contribution in [2.24, 2.45) is 0 Å². The zero-order valence-electron chi connectivity index (χ0n) is 12.9. The third-order valence-corrected chi connectivity index (χ3v) is 2.43. The van der Waals surface area contributed by atoms with Gasteiger partial charge in [0.1, 0.15) is 5.75 Å². The van der Waals surface area contributed by atoms with Gasteiger partial charge in [-0.2, -0.15) is 0 Å². The van der Waals surface area contributed by atoms with Crippen LogP contribution in [0.1, 0.15) is 39.7 Å². The minimum absolute atomic E-state index is 0.0648. The Labute approximate surface area is 118 Å². The molecule has 1 saturated heterocycles. The second-order valence-electron chi connectivity index (χ2n) is 4.63. The SMILES string of the molecule is CC.Cc1ccc(OC(C)C)cc1.O[C@@H]1CCNC1. The molecular formula is C16H29NO2. The van der Waals surface area contributed by atoms with Gasteiger partial charge in [0, 0.05) is 6.54 Å². The molecule has 3 nitrogen and oxygen atoms in total. The third-order valence-electron chi connectivity index (χ3n) is 2.43. The summed E-state index contributed by atoms with van der Waals surface area (Å²) in [7, 11) is 0. The Morgan fingerprint density at radius 1 is 1.21 bits per heavy atom. The Kier molecular flexibility index (Phi) is 10.2. The zero-order valence-corrected chi connectivity index (χ0v) is 12.9. The van der Waals surface area contributed by atoms with Crippen LogP contribution in [0.2, 0.25) is 0 Å². The van der Waals surface area contributed by atoms with Crippen molar-refractivity contribution in [1.29, 1.82) is 0 Å². The van der Waals surface area contributed by atoms with E-state index >= 15 is 0 Å². The molecular weight excluding hydrogens is 238 g/mol. The van der Waals surface area contributed by atoms with Gasteiger partial charge in [-0.1, -0.05) is 31.5 Å². The number of nitrogens with one attached hydrogen (secondary N) is 1. The smallest absolute Gasteiger partial charge is 0.119 e. The number of aryl methyl sites for hydroxylation is 1. The predicted molar refractivity (Wildman–Crippen MR) is 81.8 cm³/mol. The van der Waals surface area contributed by atoms with Crippen LogP contribution in [0.3, 0.4) is 0 Å². The van der Waals surface area contributed by atoms with Crippen molar-refractivity contribution in [3.8, 4) is 5.75 Å². The van der Waals surface area contributed by atoms with Gasteiger partial charge in [-0.3, -0.25) is 0 Å². The van der Waals surface area contributed by atoms with Gasteiger partial charge in [-0.05, 0) is 45.9 Å². The highest BCUT2D eigenvalue weighted by Gasteiger charge is 2.08. The van der Waals surface area contributed by atoms with Crippen LogP contribution in [0, 0.1) is 6.92 Å². The fourth-order valence-electron chi connectivity index (χ4n) is 1.53. The molecule has 0 aromatic heterocycles. The molecule has 2 N–H and O–H groups in total. The zero-order chi connectivity index (χ0) is 14.7. The van der Waals surface area contributed by atoms with E-state index in [2.05, 4.69) is 24.4 Å². The first-order valence-corrected chi connectivity index (χ1v) is 7.20. The monoisotopic (exact) mass is 267 g/mol. The highest BCUT2D eigenvalue weighted by molar-refractivity contribution is 5.26. The highest BCUT2D eigenvalue weighted by atomic mass is 16.5. The summed E-state index contributed by atoms with van der Waals surface area (Å²) in [4.78, 5) is 0. The largest absolute Gasteiger partial charge is 0.491 e. The predicted octanol–water partition coefficient (Wildman–Crippen LogP) is 3.15. The van der Waals surface area contributed by atoms with Crippen molar-refractivity contribution >= 4 is 0 Å². The first kappa shape index (κ1) is 17.9. The Bertz CT molecular complexity index is 303. The molecule has 19 heavy (non-hydrogen) atoms. The molecule has 0 unspecified atom stereocenters. The highest BCUT2D eigenvalue weighted by Crippen LogP contribution is 2.12. The number of hydrogen-bond donors (Lipinski definition) is 2. The van der Waals surface area contributed by atoms with E-state index in [-0.39, 0.29) is 12.2 Å². The van der Waals surface area contributed by atoms with Crippen molar-refractivity contribution in [2.45, 2.75) is 53.2 Å². The summed E-state index contributed by atoms with van der Waals surface area (Å²) >= 11 is 0. The van der Waals surface area contributed by atoms with Crippen molar-refractivity contribution < 1.29 is 9.84 Å². The first-order chi connectivity index (χ1) is 9.08. The second-order valence-corrected chi connectivity index (χ2v) is 4.63. The molecule has 0 saturated carbocycles. The number of aliphatic hydroxyl groups excluding tert-OH is 1. The van der Waals surface area contributed by atoms with Gasteiger partial charge in [0.05, 0.1) is 12.2 Å². The maximum atomic E-state index is 8.67. The van der Waals surface area contributed by atoms with Crippen LogP contribution in [-0.4, -0.2) is 30.4 Å². The maximum absolute atomic E-state index is 8.67. The van der Waals surface area contributed by atoms with Gasteiger partial charge < -0.3 is 15.2 Å². The number of aliphatic hydroxyl groups is 1. The van der Waals surface area contributed by atoms with E-state index in [9.17, 15) is 0 Å². The molecule has 3 heteroatoms. The topological polar surface area (TPSA) is 41.5 Å². The van der Waals surface area contributed by atoms with Crippen molar-refractivity contribution in [3.63, 3.8) is 0 Å². The number of benzene rings is 1. The lowest BCUT2D eigenvalue weighted by Gasteiger charge is -2.08. The molecule has 0 spiro atoms. The summed E-state index contributed by atoms with van der Waals surface area (Å²) in [6, 6.07) is 8.10. The Balaban J connectivity index is 0.000000341. The lowest BCUT2D eigenvalue weighted by molar-refractivity contribution is 0.196. The molecule has 110 valence electrons. The van der Waals surface area contributed by atoms with Crippen molar-refractivity contribution in [2.75, 3.05) is 13.1 Å². The second kappa shape index (κ2) is 10.8. The van der Waals surface area contributed by atoms with Crippen molar-refractivity contribution in [1.82, 2.24) is 5.32 Å². The van der Waals surface area contributed by atoms with Gasteiger partial charge in [-0.25, -0.2) is 0 Å². The van der Waals surface area contributed by atoms with Crippen molar-refractivity contribution in [3.05, 3.63) is 29.8 Å². The summed E-state index contributed by atoms with van der Waals surface area (Å²) in [5.74, 6) is 0.950. The molecule has 0 bridgehead atoms. The molecule has 1 aromatic carbocycles. The fraction of sp³-hybridized carbons (Fsp3) is 0.625.